The molecule has 0 saturated heterocycles. The number of benzene rings is 3. The molecule has 1 aromatic heterocycles. The molecule has 0 aliphatic carbocycles. The van der Waals surface area contributed by atoms with Crippen LogP contribution in [0.5, 0.6) is 0 Å². The molecule has 4 aromatic rings. The van der Waals surface area contributed by atoms with Crippen molar-refractivity contribution in [1.29, 1.82) is 0 Å². The molecule has 0 aliphatic heterocycles. The third-order valence-corrected chi connectivity index (χ3v) is 6.63. The number of halogens is 1. The topological polar surface area (TPSA) is 59.6 Å². The third kappa shape index (κ3) is 3.84. The van der Waals surface area contributed by atoms with Crippen LogP contribution in [0, 0.1) is 13.8 Å². The zero-order valence-electron chi connectivity index (χ0n) is 15.9. The molecule has 0 atom stereocenters. The van der Waals surface area contributed by atoms with Crippen molar-refractivity contribution in [3.05, 3.63) is 94.5 Å². The summed E-state index contributed by atoms with van der Waals surface area (Å²) in [6, 6.07) is 20.8. The number of nitrogens with zero attached hydrogens (tertiary/aromatic N) is 1. The summed E-state index contributed by atoms with van der Waals surface area (Å²) in [7, 11) is -3.85. The van der Waals surface area contributed by atoms with Gasteiger partial charge in [-0.25, -0.2) is 13.4 Å². The van der Waals surface area contributed by atoms with Gasteiger partial charge in [-0.3, -0.25) is 0 Å². The number of rotatable bonds is 3. The van der Waals surface area contributed by atoms with E-state index in [1.165, 1.54) is 0 Å². The molecule has 0 unspecified atom stereocenters. The van der Waals surface area contributed by atoms with Crippen LogP contribution in [0.2, 0.25) is 5.02 Å². The van der Waals surface area contributed by atoms with Crippen molar-refractivity contribution in [3.8, 4) is 0 Å². The van der Waals surface area contributed by atoms with Gasteiger partial charge in [-0.1, -0.05) is 47.5 Å². The summed E-state index contributed by atoms with van der Waals surface area (Å²) < 4.78 is 32.8. The molecule has 4 rings (SSSR count). The predicted molar refractivity (Wildman–Crippen MR) is 114 cm³/mol. The molecule has 0 bridgehead atoms. The van der Waals surface area contributed by atoms with E-state index in [1.54, 1.807) is 48.5 Å². The summed E-state index contributed by atoms with van der Waals surface area (Å²) in [6.45, 7) is 3.82. The number of sulfone groups is 1. The van der Waals surface area contributed by atoms with Crippen LogP contribution < -0.4 is 5.55 Å². The Morgan fingerprint density at radius 3 is 2.34 bits per heavy atom. The molecule has 29 heavy (non-hydrogen) atoms. The minimum Gasteiger partial charge on any atom is -0.437 e. The Morgan fingerprint density at radius 1 is 0.897 bits per heavy atom. The molecule has 0 aliphatic rings. The first-order valence-electron chi connectivity index (χ1n) is 9.00. The van der Waals surface area contributed by atoms with Gasteiger partial charge in [0.25, 0.3) is 0 Å². The van der Waals surface area contributed by atoms with Gasteiger partial charge in [0.15, 0.2) is 0 Å². The fraction of sp³-hybridized carbons (Fsp3) is 0.0870. The monoisotopic (exact) mass is 423 g/mol. The number of aryl methyl sites for hydroxylation is 2. The Kier molecular flexibility index (Phi) is 5.03. The Hall–Kier alpha value is -2.89. The summed E-state index contributed by atoms with van der Waals surface area (Å²) in [5, 5.41) is 1.09. The second kappa shape index (κ2) is 7.50. The van der Waals surface area contributed by atoms with E-state index in [0.29, 0.717) is 21.7 Å². The smallest absolute Gasteiger partial charge is 0.239 e. The summed E-state index contributed by atoms with van der Waals surface area (Å²) in [5.41, 5.74) is 3.07. The highest BCUT2D eigenvalue weighted by molar-refractivity contribution is 7.91. The molecule has 0 spiro atoms. The molecule has 4 nitrogen and oxygen atoms in total. The van der Waals surface area contributed by atoms with Crippen LogP contribution in [0.15, 0.2) is 92.0 Å². The molecular weight excluding hydrogens is 406 g/mol. The van der Waals surface area contributed by atoms with Crippen LogP contribution in [0.3, 0.4) is 0 Å². The van der Waals surface area contributed by atoms with E-state index in [9.17, 15) is 8.42 Å². The number of fused-ring (bicyclic) bond motifs is 1. The maximum atomic E-state index is 13.4. The van der Waals surface area contributed by atoms with E-state index >= 15 is 0 Å². The largest absolute Gasteiger partial charge is 0.437 e. The van der Waals surface area contributed by atoms with Crippen LogP contribution in [0.1, 0.15) is 11.1 Å². The molecule has 6 heteroatoms. The zero-order chi connectivity index (χ0) is 20.6. The van der Waals surface area contributed by atoms with Crippen molar-refractivity contribution in [2.45, 2.75) is 23.6 Å². The summed E-state index contributed by atoms with van der Waals surface area (Å²) in [4.78, 5) is 4.72. The van der Waals surface area contributed by atoms with Crippen molar-refractivity contribution in [3.63, 3.8) is 0 Å². The van der Waals surface area contributed by atoms with E-state index in [-0.39, 0.29) is 15.3 Å². The lowest BCUT2D eigenvalue weighted by Crippen LogP contribution is -2.16. The fourth-order valence-corrected chi connectivity index (χ4v) is 4.52. The Morgan fingerprint density at radius 2 is 1.62 bits per heavy atom. The highest BCUT2D eigenvalue weighted by atomic mass is 35.5. The lowest BCUT2D eigenvalue weighted by molar-refractivity contribution is 0.517. The standard InChI is InChI=1S/C23H18ClNO3S/c1-15-7-10-19(11-8-15)29(26,27)22-14-17-13-18(24)9-12-21(17)28-23(22)25-20-6-4-3-5-16(20)2/h3-14H,1-2H3. The van der Waals surface area contributed by atoms with Gasteiger partial charge in [-0.2, -0.15) is 0 Å². The Balaban J connectivity index is 2.05. The van der Waals surface area contributed by atoms with Gasteiger partial charge >= 0.3 is 0 Å². The molecule has 0 saturated carbocycles. The number of para-hydroxylation sites is 1. The average Bonchev–Trinajstić information content (AvgIpc) is 2.69. The van der Waals surface area contributed by atoms with Crippen LogP contribution >= 0.6 is 11.6 Å². The normalized spacial score (nSPS) is 12.4. The molecule has 0 fully saturated rings. The molecule has 0 N–H and O–H groups in total. The van der Waals surface area contributed by atoms with Crippen LogP contribution in [-0.2, 0) is 9.84 Å². The first-order valence-corrected chi connectivity index (χ1v) is 10.9. The quantitative estimate of drug-likeness (QED) is 0.420. The van der Waals surface area contributed by atoms with Gasteiger partial charge in [0.05, 0.1) is 10.6 Å². The van der Waals surface area contributed by atoms with Crippen molar-refractivity contribution >= 4 is 38.1 Å². The molecule has 3 aromatic carbocycles. The second-order valence-corrected chi connectivity index (χ2v) is 9.17. The van der Waals surface area contributed by atoms with E-state index in [1.807, 2.05) is 38.1 Å². The van der Waals surface area contributed by atoms with Gasteiger partial charge in [0.1, 0.15) is 10.5 Å². The van der Waals surface area contributed by atoms with Gasteiger partial charge < -0.3 is 4.42 Å². The fourth-order valence-electron chi connectivity index (χ4n) is 3.00. The summed E-state index contributed by atoms with van der Waals surface area (Å²) in [6.07, 6.45) is 0. The first kappa shape index (κ1) is 19.4. The van der Waals surface area contributed by atoms with Crippen molar-refractivity contribution in [2.24, 2.45) is 4.99 Å². The molecule has 0 amide bonds. The maximum Gasteiger partial charge on any atom is 0.239 e. The van der Waals surface area contributed by atoms with Gasteiger partial charge in [-0.15, -0.1) is 0 Å². The summed E-state index contributed by atoms with van der Waals surface area (Å²) in [5.74, 6) is 0. The van der Waals surface area contributed by atoms with E-state index in [0.717, 1.165) is 11.1 Å². The lowest BCUT2D eigenvalue weighted by atomic mass is 10.2. The summed E-state index contributed by atoms with van der Waals surface area (Å²) >= 11 is 6.10. The first-order chi connectivity index (χ1) is 13.8. The Labute approximate surface area is 174 Å². The van der Waals surface area contributed by atoms with E-state index < -0.39 is 9.84 Å². The molecule has 0 radical (unpaired) electrons. The van der Waals surface area contributed by atoms with Crippen LogP contribution in [0.4, 0.5) is 5.69 Å². The number of hydrogen-bond acceptors (Lipinski definition) is 4. The van der Waals surface area contributed by atoms with Crippen molar-refractivity contribution < 1.29 is 12.8 Å². The lowest BCUT2D eigenvalue weighted by Gasteiger charge is -2.08. The van der Waals surface area contributed by atoms with Gasteiger partial charge in [0, 0.05) is 10.4 Å². The van der Waals surface area contributed by atoms with E-state index in [2.05, 4.69) is 4.99 Å². The minimum absolute atomic E-state index is 0.000581. The van der Waals surface area contributed by atoms with Crippen LogP contribution in [-0.4, -0.2) is 8.42 Å². The predicted octanol–water partition coefficient (Wildman–Crippen LogP) is 5.77. The Bertz CT molecular complexity index is 1390. The number of hydrogen-bond donors (Lipinski definition) is 0. The average molecular weight is 424 g/mol. The highest BCUT2D eigenvalue weighted by Crippen LogP contribution is 2.25. The molecule has 146 valence electrons. The maximum absolute atomic E-state index is 13.4. The molecule has 1 heterocycles. The van der Waals surface area contributed by atoms with Crippen molar-refractivity contribution in [1.82, 2.24) is 0 Å². The highest BCUT2D eigenvalue weighted by Gasteiger charge is 2.22. The van der Waals surface area contributed by atoms with Gasteiger partial charge in [-0.05, 0) is 61.9 Å². The SMILES string of the molecule is Cc1ccc(S(=O)(=O)c2cc3cc(Cl)ccc3oc2=Nc2ccccc2C)cc1. The van der Waals surface area contributed by atoms with Crippen LogP contribution in [0.25, 0.3) is 11.0 Å². The zero-order valence-corrected chi connectivity index (χ0v) is 17.5. The molecular formula is C23H18ClNO3S. The van der Waals surface area contributed by atoms with Crippen molar-refractivity contribution in [2.75, 3.05) is 0 Å². The third-order valence-electron chi connectivity index (χ3n) is 4.63. The van der Waals surface area contributed by atoms with Gasteiger partial charge in [0.2, 0.25) is 15.4 Å². The van der Waals surface area contributed by atoms with E-state index in [4.69, 9.17) is 16.0 Å². The minimum atomic E-state index is -3.85. The second-order valence-electron chi connectivity index (χ2n) is 6.81.